The Balaban J connectivity index is 1.99. The van der Waals surface area contributed by atoms with Gasteiger partial charge < -0.3 is 10.1 Å². The highest BCUT2D eigenvalue weighted by Crippen LogP contribution is 2.30. The van der Waals surface area contributed by atoms with Gasteiger partial charge >= 0.3 is 11.7 Å². The molecule has 21 heavy (non-hydrogen) atoms. The number of rotatable bonds is 5. The Morgan fingerprint density at radius 3 is 2.71 bits per heavy atom. The third-order valence-electron chi connectivity index (χ3n) is 2.98. The van der Waals surface area contributed by atoms with Crippen LogP contribution in [0.25, 0.3) is 0 Å². The molecule has 1 saturated carbocycles. The number of hydrogen-bond acceptors (Lipinski definition) is 5. The van der Waals surface area contributed by atoms with Crippen molar-refractivity contribution < 1.29 is 23.6 Å². The van der Waals surface area contributed by atoms with Gasteiger partial charge in [-0.1, -0.05) is 0 Å². The van der Waals surface area contributed by atoms with Crippen molar-refractivity contribution in [1.82, 2.24) is 0 Å². The molecule has 0 spiro atoms. The molecule has 0 aromatic heterocycles. The molecular weight excluding hydrogens is 283 g/mol. The Hall–Kier alpha value is -2.51. The number of esters is 1. The van der Waals surface area contributed by atoms with Crippen LogP contribution in [0, 0.1) is 21.8 Å². The molecule has 1 aliphatic carbocycles. The summed E-state index contributed by atoms with van der Waals surface area (Å²) in [6.07, 6.45) is 0.497. The average Bonchev–Trinajstić information content (AvgIpc) is 3.24. The Labute approximate surface area is 119 Å². The van der Waals surface area contributed by atoms with Gasteiger partial charge in [0.1, 0.15) is 0 Å². The van der Waals surface area contributed by atoms with Crippen LogP contribution in [-0.2, 0) is 14.3 Å². The topological polar surface area (TPSA) is 98.5 Å². The van der Waals surface area contributed by atoms with Crippen LogP contribution in [0.2, 0.25) is 0 Å². The third kappa shape index (κ3) is 3.74. The van der Waals surface area contributed by atoms with Crippen molar-refractivity contribution in [2.75, 3.05) is 5.32 Å². The number of benzene rings is 1. The maximum atomic E-state index is 13.2. The van der Waals surface area contributed by atoms with E-state index in [0.717, 1.165) is 25.0 Å². The van der Waals surface area contributed by atoms with Crippen LogP contribution < -0.4 is 5.32 Å². The van der Waals surface area contributed by atoms with E-state index < -0.39 is 34.4 Å². The monoisotopic (exact) mass is 296 g/mol. The second-order valence-corrected chi connectivity index (χ2v) is 4.77. The zero-order valence-electron chi connectivity index (χ0n) is 11.2. The number of carbonyl (C=O) groups is 2. The van der Waals surface area contributed by atoms with E-state index in [2.05, 4.69) is 5.32 Å². The van der Waals surface area contributed by atoms with Gasteiger partial charge in [0.2, 0.25) is 5.82 Å². The van der Waals surface area contributed by atoms with E-state index in [1.807, 2.05) is 0 Å². The zero-order chi connectivity index (χ0) is 15.6. The second kappa shape index (κ2) is 5.86. The van der Waals surface area contributed by atoms with E-state index in [-0.39, 0.29) is 11.6 Å². The molecule has 112 valence electrons. The molecule has 1 aliphatic rings. The van der Waals surface area contributed by atoms with Crippen LogP contribution in [0.1, 0.15) is 19.8 Å². The minimum Gasteiger partial charge on any atom is -0.452 e. The molecule has 0 heterocycles. The molecule has 1 aromatic carbocycles. The van der Waals surface area contributed by atoms with Crippen molar-refractivity contribution >= 4 is 23.3 Å². The minimum atomic E-state index is -1.03. The van der Waals surface area contributed by atoms with E-state index in [9.17, 15) is 24.1 Å². The molecular formula is C13H13FN2O5. The highest BCUT2D eigenvalue weighted by atomic mass is 19.1. The van der Waals surface area contributed by atoms with Gasteiger partial charge in [0.15, 0.2) is 6.10 Å². The summed E-state index contributed by atoms with van der Waals surface area (Å²) in [6, 6.07) is 2.98. The third-order valence-corrected chi connectivity index (χ3v) is 2.98. The summed E-state index contributed by atoms with van der Waals surface area (Å²) < 4.78 is 18.1. The van der Waals surface area contributed by atoms with Crippen LogP contribution in [0.3, 0.4) is 0 Å². The van der Waals surface area contributed by atoms with Gasteiger partial charge in [0.05, 0.1) is 10.8 Å². The summed E-state index contributed by atoms with van der Waals surface area (Å²) in [5, 5.41) is 12.9. The molecule has 0 bridgehead atoms. The summed E-state index contributed by atoms with van der Waals surface area (Å²) >= 11 is 0. The lowest BCUT2D eigenvalue weighted by atomic mass is 10.2. The van der Waals surface area contributed by atoms with E-state index in [1.165, 1.54) is 13.0 Å². The molecule has 1 aromatic rings. The Morgan fingerprint density at radius 1 is 1.48 bits per heavy atom. The lowest BCUT2D eigenvalue weighted by Gasteiger charge is -2.13. The molecule has 0 unspecified atom stereocenters. The van der Waals surface area contributed by atoms with Gasteiger partial charge in [-0.15, -0.1) is 0 Å². The van der Waals surface area contributed by atoms with Crippen LogP contribution in [-0.4, -0.2) is 22.9 Å². The van der Waals surface area contributed by atoms with Gasteiger partial charge in [-0.3, -0.25) is 19.7 Å². The molecule has 0 aliphatic heterocycles. The Morgan fingerprint density at radius 2 is 2.14 bits per heavy atom. The van der Waals surface area contributed by atoms with Crippen molar-refractivity contribution in [3.05, 3.63) is 34.1 Å². The van der Waals surface area contributed by atoms with Crippen molar-refractivity contribution in [1.29, 1.82) is 0 Å². The van der Waals surface area contributed by atoms with Crippen LogP contribution >= 0.6 is 0 Å². The summed E-state index contributed by atoms with van der Waals surface area (Å²) in [5.74, 6) is -2.19. The first kappa shape index (κ1) is 14.9. The number of ether oxygens (including phenoxy) is 1. The predicted molar refractivity (Wildman–Crippen MR) is 70.0 cm³/mol. The summed E-state index contributed by atoms with van der Waals surface area (Å²) in [7, 11) is 0. The fourth-order valence-electron chi connectivity index (χ4n) is 1.62. The molecule has 2 rings (SSSR count). The van der Waals surface area contributed by atoms with Gasteiger partial charge in [0.25, 0.3) is 5.91 Å². The van der Waals surface area contributed by atoms with Crippen molar-refractivity contribution in [2.24, 2.45) is 5.92 Å². The second-order valence-electron chi connectivity index (χ2n) is 4.77. The number of nitro benzene ring substituents is 1. The lowest BCUT2D eigenvalue weighted by Crippen LogP contribution is -2.30. The first-order valence-electron chi connectivity index (χ1n) is 6.34. The number of nitro groups is 1. The molecule has 1 fully saturated rings. The quantitative estimate of drug-likeness (QED) is 0.509. The van der Waals surface area contributed by atoms with Crippen molar-refractivity contribution in [3.8, 4) is 0 Å². The van der Waals surface area contributed by atoms with Gasteiger partial charge in [-0.25, -0.2) is 0 Å². The molecule has 0 saturated heterocycles. The van der Waals surface area contributed by atoms with Crippen LogP contribution in [0.15, 0.2) is 18.2 Å². The number of amides is 1. The van der Waals surface area contributed by atoms with Crippen LogP contribution in [0.5, 0.6) is 0 Å². The fraction of sp³-hybridized carbons (Fsp3) is 0.385. The lowest BCUT2D eigenvalue weighted by molar-refractivity contribution is -0.387. The van der Waals surface area contributed by atoms with E-state index in [4.69, 9.17) is 4.74 Å². The minimum absolute atomic E-state index is 0.0578. The zero-order valence-corrected chi connectivity index (χ0v) is 11.2. The van der Waals surface area contributed by atoms with Gasteiger partial charge in [0, 0.05) is 11.8 Å². The van der Waals surface area contributed by atoms with Gasteiger partial charge in [-0.2, -0.15) is 4.39 Å². The number of halogens is 1. The van der Waals surface area contributed by atoms with Crippen molar-refractivity contribution in [2.45, 2.75) is 25.9 Å². The molecule has 1 amide bonds. The van der Waals surface area contributed by atoms with E-state index in [1.54, 1.807) is 0 Å². The fourth-order valence-corrected chi connectivity index (χ4v) is 1.62. The van der Waals surface area contributed by atoms with Gasteiger partial charge in [-0.05, 0) is 31.9 Å². The standard InChI is InChI=1S/C13H13FN2O5/c1-7(21-13(18)8-2-3-8)12(17)15-9-4-5-10(14)11(6-9)16(19)20/h4-8H,2-3H2,1H3,(H,15,17)/t7-/m0/s1. The van der Waals surface area contributed by atoms with E-state index in [0.29, 0.717) is 0 Å². The van der Waals surface area contributed by atoms with Crippen LogP contribution in [0.4, 0.5) is 15.8 Å². The molecule has 0 radical (unpaired) electrons. The van der Waals surface area contributed by atoms with Crippen molar-refractivity contribution in [3.63, 3.8) is 0 Å². The Bertz CT molecular complexity index is 600. The highest BCUT2D eigenvalue weighted by Gasteiger charge is 2.33. The first-order chi connectivity index (χ1) is 9.88. The first-order valence-corrected chi connectivity index (χ1v) is 6.34. The predicted octanol–water partition coefficient (Wildman–Crippen LogP) is 2.01. The summed E-state index contributed by atoms with van der Waals surface area (Å²) in [5.41, 5.74) is -0.683. The summed E-state index contributed by atoms with van der Waals surface area (Å²) in [6.45, 7) is 1.40. The normalized spacial score (nSPS) is 15.1. The maximum Gasteiger partial charge on any atom is 0.309 e. The highest BCUT2D eigenvalue weighted by molar-refractivity contribution is 5.95. The number of carbonyl (C=O) groups excluding carboxylic acids is 2. The maximum absolute atomic E-state index is 13.2. The van der Waals surface area contributed by atoms with E-state index >= 15 is 0 Å². The molecule has 1 N–H and O–H groups in total. The number of nitrogens with one attached hydrogen (secondary N) is 1. The number of hydrogen-bond donors (Lipinski definition) is 1. The molecule has 8 heteroatoms. The smallest absolute Gasteiger partial charge is 0.309 e. The average molecular weight is 296 g/mol. The molecule has 1 atom stereocenters. The number of anilines is 1. The SMILES string of the molecule is C[C@H](OC(=O)C1CC1)C(=O)Nc1ccc(F)c([N+](=O)[O-])c1. The number of nitrogens with zero attached hydrogens (tertiary/aromatic N) is 1. The summed E-state index contributed by atoms with van der Waals surface area (Å²) in [4.78, 5) is 32.9. The molecule has 7 nitrogen and oxygen atoms in total. The largest absolute Gasteiger partial charge is 0.452 e. The Kier molecular flexibility index (Phi) is 4.15.